The molecule has 0 saturated heterocycles. The second-order valence-electron chi connectivity index (χ2n) is 4.87. The molecule has 0 bridgehead atoms. The van der Waals surface area contributed by atoms with Crippen LogP contribution in [0.4, 0.5) is 0 Å². The van der Waals surface area contributed by atoms with Crippen LogP contribution < -0.4 is 0 Å². The van der Waals surface area contributed by atoms with Gasteiger partial charge in [0.15, 0.2) is 0 Å². The summed E-state index contributed by atoms with van der Waals surface area (Å²) in [7, 11) is -1.56. The summed E-state index contributed by atoms with van der Waals surface area (Å²) in [5.74, 6) is 0. The van der Waals surface area contributed by atoms with Crippen molar-refractivity contribution < 1.29 is 0 Å². The first-order valence-corrected chi connectivity index (χ1v) is 9.11. The minimum atomic E-state index is -1.56. The first-order chi connectivity index (χ1) is 7.36. The van der Waals surface area contributed by atoms with Gasteiger partial charge in [-0.15, -0.1) is 0 Å². The van der Waals surface area contributed by atoms with Crippen LogP contribution in [0.25, 0.3) is 5.57 Å². The van der Waals surface area contributed by atoms with Crippen LogP contribution in [0.5, 0.6) is 0 Å². The molecule has 0 amide bonds. The third kappa shape index (κ3) is 2.97. The number of hydrogen-bond acceptors (Lipinski definition) is 1. The van der Waals surface area contributed by atoms with Gasteiger partial charge in [0.1, 0.15) is 0 Å². The zero-order valence-electron chi connectivity index (χ0n) is 10.1. The first-order valence-electron chi connectivity index (χ1n) is 5.23. The van der Waals surface area contributed by atoms with E-state index in [4.69, 9.17) is 11.6 Å². The largest absolute Gasteiger partial charge is 0.193 e. The maximum Gasteiger partial charge on any atom is 0.0915 e. The molecule has 0 spiro atoms. The van der Waals surface area contributed by atoms with Crippen LogP contribution in [0.1, 0.15) is 12.5 Å². The molecule has 0 fully saturated rings. The molecule has 1 nitrogen and oxygen atoms in total. The fourth-order valence-electron chi connectivity index (χ4n) is 1.66. The van der Waals surface area contributed by atoms with E-state index in [1.165, 1.54) is 0 Å². The molecule has 0 aromatic heterocycles. The normalized spacial score (nSPS) is 13.0. The number of halogens is 1. The number of nitrogens with zero attached hydrogens (tertiary/aromatic N) is 1. The molecule has 16 heavy (non-hydrogen) atoms. The summed E-state index contributed by atoms with van der Waals surface area (Å²) >= 11 is 5.85. The summed E-state index contributed by atoms with van der Waals surface area (Å²) in [6, 6.07) is 10.0. The molecule has 0 aliphatic rings. The van der Waals surface area contributed by atoms with Gasteiger partial charge in [-0.3, -0.25) is 0 Å². The monoisotopic (exact) mass is 249 g/mol. The molecule has 0 N–H and O–H groups in total. The van der Waals surface area contributed by atoms with Gasteiger partial charge >= 0.3 is 0 Å². The van der Waals surface area contributed by atoms with Crippen LogP contribution in [0.2, 0.25) is 24.7 Å². The highest BCUT2D eigenvalue weighted by Crippen LogP contribution is 2.25. The van der Waals surface area contributed by atoms with Crippen LogP contribution in [0.15, 0.2) is 29.5 Å². The first kappa shape index (κ1) is 13.0. The number of benzene rings is 1. The Balaban J connectivity index is 3.27. The predicted octanol–water partition coefficient (Wildman–Crippen LogP) is 4.51. The fourth-order valence-corrected chi connectivity index (χ4v) is 3.39. The topological polar surface area (TPSA) is 23.8 Å². The van der Waals surface area contributed by atoms with Gasteiger partial charge in [0.2, 0.25) is 0 Å². The van der Waals surface area contributed by atoms with Gasteiger partial charge in [0.05, 0.1) is 14.1 Å². The zero-order chi connectivity index (χ0) is 12.3. The molecule has 84 valence electrons. The molecule has 1 aromatic rings. The highest BCUT2D eigenvalue weighted by atomic mass is 35.5. The standard InChI is InChI=1S/C13H16ClNSi/c1-10(13(9-15)16(2,3)4)11-5-7-12(14)8-6-11/h5-8H,1-4H3/b13-10+. The van der Waals surface area contributed by atoms with Crippen LogP contribution in [0.3, 0.4) is 0 Å². The van der Waals surface area contributed by atoms with E-state index in [0.717, 1.165) is 21.4 Å². The van der Waals surface area contributed by atoms with E-state index < -0.39 is 8.07 Å². The molecule has 0 aliphatic heterocycles. The van der Waals surface area contributed by atoms with Gasteiger partial charge in [0.25, 0.3) is 0 Å². The molecular weight excluding hydrogens is 234 g/mol. The minimum absolute atomic E-state index is 0.725. The van der Waals surface area contributed by atoms with E-state index in [9.17, 15) is 5.26 Å². The molecule has 3 heteroatoms. The highest BCUT2D eigenvalue weighted by Gasteiger charge is 2.22. The minimum Gasteiger partial charge on any atom is -0.193 e. The van der Waals surface area contributed by atoms with Gasteiger partial charge in [-0.2, -0.15) is 5.26 Å². The molecule has 1 rings (SSSR count). The van der Waals surface area contributed by atoms with E-state index in [-0.39, 0.29) is 0 Å². The number of hydrogen-bond donors (Lipinski definition) is 0. The van der Waals surface area contributed by atoms with Gasteiger partial charge in [-0.25, -0.2) is 0 Å². The zero-order valence-corrected chi connectivity index (χ0v) is 11.9. The van der Waals surface area contributed by atoms with Crippen LogP contribution in [0, 0.1) is 11.3 Å². The van der Waals surface area contributed by atoms with Crippen molar-refractivity contribution in [3.8, 4) is 6.07 Å². The number of rotatable bonds is 2. The lowest BCUT2D eigenvalue weighted by atomic mass is 10.1. The van der Waals surface area contributed by atoms with E-state index in [1.807, 2.05) is 31.2 Å². The number of allylic oxidation sites excluding steroid dienone is 2. The average Bonchev–Trinajstić information content (AvgIpc) is 2.17. The van der Waals surface area contributed by atoms with Gasteiger partial charge in [-0.1, -0.05) is 43.4 Å². The lowest BCUT2D eigenvalue weighted by Crippen LogP contribution is -2.24. The van der Waals surface area contributed by atoms with Crippen molar-refractivity contribution in [1.82, 2.24) is 0 Å². The third-order valence-corrected chi connectivity index (χ3v) is 4.75. The summed E-state index contributed by atoms with van der Waals surface area (Å²) in [4.78, 5) is 0. The fraction of sp³-hybridized carbons (Fsp3) is 0.308. The van der Waals surface area contributed by atoms with Crippen LogP contribution in [-0.2, 0) is 0 Å². The summed E-state index contributed by atoms with van der Waals surface area (Å²) < 4.78 is 0. The van der Waals surface area contributed by atoms with Crippen LogP contribution >= 0.6 is 11.6 Å². The van der Waals surface area contributed by atoms with Crippen LogP contribution in [-0.4, -0.2) is 8.07 Å². The molecule has 0 radical (unpaired) electrons. The van der Waals surface area contributed by atoms with Crippen molar-refractivity contribution in [3.63, 3.8) is 0 Å². The average molecular weight is 250 g/mol. The molecule has 0 atom stereocenters. The van der Waals surface area contributed by atoms with E-state index in [2.05, 4.69) is 25.7 Å². The van der Waals surface area contributed by atoms with Crippen molar-refractivity contribution in [1.29, 1.82) is 5.26 Å². The lowest BCUT2D eigenvalue weighted by Gasteiger charge is -2.18. The van der Waals surface area contributed by atoms with Crippen molar-refractivity contribution >= 4 is 25.2 Å². The Hall–Kier alpha value is -1.04. The Labute approximate surface area is 103 Å². The SMILES string of the molecule is C/C(=C(/C#N)[Si](C)(C)C)c1ccc(Cl)cc1. The van der Waals surface area contributed by atoms with E-state index in [0.29, 0.717) is 0 Å². The van der Waals surface area contributed by atoms with Gasteiger partial charge in [-0.05, 0) is 30.2 Å². The summed E-state index contributed by atoms with van der Waals surface area (Å²) in [6.45, 7) is 8.57. The maximum absolute atomic E-state index is 9.25. The van der Waals surface area contributed by atoms with Crippen molar-refractivity contribution in [2.24, 2.45) is 0 Å². The van der Waals surface area contributed by atoms with E-state index in [1.54, 1.807) is 0 Å². The molecule has 0 saturated carbocycles. The Morgan fingerprint density at radius 2 is 1.69 bits per heavy atom. The summed E-state index contributed by atoms with van der Waals surface area (Å²) in [5, 5.41) is 10.9. The second-order valence-corrected chi connectivity index (χ2v) is 10.3. The molecular formula is C13H16ClNSi. The Kier molecular flexibility index (Phi) is 3.96. The van der Waals surface area contributed by atoms with Crippen molar-refractivity contribution in [2.45, 2.75) is 26.6 Å². The maximum atomic E-state index is 9.25. The molecule has 1 aromatic carbocycles. The Morgan fingerprint density at radius 3 is 2.06 bits per heavy atom. The summed E-state index contributed by atoms with van der Waals surface area (Å²) in [6.07, 6.45) is 0. The van der Waals surface area contributed by atoms with Gasteiger partial charge < -0.3 is 0 Å². The molecule has 0 aliphatic carbocycles. The third-order valence-electron chi connectivity index (χ3n) is 2.51. The smallest absolute Gasteiger partial charge is 0.0915 e. The Morgan fingerprint density at radius 1 is 1.19 bits per heavy atom. The van der Waals surface area contributed by atoms with Crippen molar-refractivity contribution in [3.05, 3.63) is 40.0 Å². The Bertz CT molecular complexity index is 446. The second kappa shape index (κ2) is 4.86. The number of nitriles is 1. The lowest BCUT2D eigenvalue weighted by molar-refractivity contribution is 1.47. The molecule has 0 heterocycles. The highest BCUT2D eigenvalue weighted by molar-refractivity contribution is 6.84. The molecule has 0 unspecified atom stereocenters. The van der Waals surface area contributed by atoms with E-state index >= 15 is 0 Å². The van der Waals surface area contributed by atoms with Crippen molar-refractivity contribution in [2.75, 3.05) is 0 Å². The quantitative estimate of drug-likeness (QED) is 0.559. The predicted molar refractivity (Wildman–Crippen MR) is 73.0 cm³/mol. The van der Waals surface area contributed by atoms with Gasteiger partial charge in [0, 0.05) is 10.2 Å². The summed E-state index contributed by atoms with van der Waals surface area (Å²) in [5.41, 5.74) is 2.17.